The van der Waals surface area contributed by atoms with E-state index in [-0.39, 0.29) is 0 Å². The fourth-order valence-electron chi connectivity index (χ4n) is 1.45. The van der Waals surface area contributed by atoms with E-state index in [9.17, 15) is 0 Å². The van der Waals surface area contributed by atoms with E-state index in [1.165, 1.54) is 30.6 Å². The summed E-state index contributed by atoms with van der Waals surface area (Å²) in [6.45, 7) is 6.86. The van der Waals surface area contributed by atoms with E-state index < -0.39 is 0 Å². The standard InChI is InChI=1S/C14H22S/c1-14(2,3)15-12-8-7-11-13-9-5-4-6-10-13/h4-6,9-10H,7-8,11-12H2,1-3H3. The molecule has 0 saturated carbocycles. The number of hydrogen-bond acceptors (Lipinski definition) is 1. The summed E-state index contributed by atoms with van der Waals surface area (Å²) in [6.07, 6.45) is 3.87. The molecule has 0 spiro atoms. The van der Waals surface area contributed by atoms with Crippen molar-refractivity contribution in [3.05, 3.63) is 35.9 Å². The Balaban J connectivity index is 2.08. The quantitative estimate of drug-likeness (QED) is 0.659. The summed E-state index contributed by atoms with van der Waals surface area (Å²) in [7, 11) is 0. The highest BCUT2D eigenvalue weighted by atomic mass is 32.2. The molecule has 0 fully saturated rings. The van der Waals surface area contributed by atoms with Crippen molar-refractivity contribution in [2.45, 2.75) is 44.8 Å². The predicted molar refractivity (Wildman–Crippen MR) is 71.6 cm³/mol. The number of thioether (sulfide) groups is 1. The molecule has 0 aliphatic carbocycles. The zero-order valence-electron chi connectivity index (χ0n) is 10.1. The van der Waals surface area contributed by atoms with Gasteiger partial charge in [-0.2, -0.15) is 11.8 Å². The Morgan fingerprint density at radius 1 is 1.00 bits per heavy atom. The van der Waals surface area contributed by atoms with Gasteiger partial charge in [0.25, 0.3) is 0 Å². The van der Waals surface area contributed by atoms with Crippen LogP contribution in [0.1, 0.15) is 39.2 Å². The Morgan fingerprint density at radius 2 is 1.67 bits per heavy atom. The third kappa shape index (κ3) is 6.62. The lowest BCUT2D eigenvalue weighted by atomic mass is 10.1. The second kappa shape index (κ2) is 6.22. The molecule has 0 unspecified atom stereocenters. The van der Waals surface area contributed by atoms with Crippen molar-refractivity contribution < 1.29 is 0 Å². The predicted octanol–water partition coefficient (Wildman–Crippen LogP) is 4.54. The van der Waals surface area contributed by atoms with Gasteiger partial charge in [0.2, 0.25) is 0 Å². The molecule has 0 heterocycles. The molecule has 0 N–H and O–H groups in total. The summed E-state index contributed by atoms with van der Waals surface area (Å²) in [5.74, 6) is 1.29. The molecular formula is C14H22S. The van der Waals surface area contributed by atoms with Gasteiger partial charge in [-0.05, 0) is 30.6 Å². The number of hydrogen-bond donors (Lipinski definition) is 0. The van der Waals surface area contributed by atoms with Crippen LogP contribution in [0.25, 0.3) is 0 Å². The van der Waals surface area contributed by atoms with Crippen LogP contribution < -0.4 is 0 Å². The number of rotatable bonds is 5. The van der Waals surface area contributed by atoms with E-state index in [1.54, 1.807) is 0 Å². The van der Waals surface area contributed by atoms with Crippen LogP contribution in [0.15, 0.2) is 30.3 Å². The van der Waals surface area contributed by atoms with Gasteiger partial charge < -0.3 is 0 Å². The zero-order valence-corrected chi connectivity index (χ0v) is 10.9. The fourth-order valence-corrected chi connectivity index (χ4v) is 2.42. The van der Waals surface area contributed by atoms with Crippen LogP contribution in [-0.2, 0) is 6.42 Å². The van der Waals surface area contributed by atoms with Crippen LogP contribution in [0.3, 0.4) is 0 Å². The Morgan fingerprint density at radius 3 is 2.27 bits per heavy atom. The summed E-state index contributed by atoms with van der Waals surface area (Å²) in [6, 6.07) is 10.8. The largest absolute Gasteiger partial charge is 0.156 e. The second-order valence-corrected chi connectivity index (χ2v) is 6.83. The Bertz CT molecular complexity index is 258. The van der Waals surface area contributed by atoms with Gasteiger partial charge >= 0.3 is 0 Å². The van der Waals surface area contributed by atoms with Gasteiger partial charge in [0.05, 0.1) is 0 Å². The van der Waals surface area contributed by atoms with Crippen LogP contribution >= 0.6 is 11.8 Å². The Labute approximate surface area is 98.5 Å². The van der Waals surface area contributed by atoms with E-state index in [2.05, 4.69) is 62.9 Å². The molecule has 0 saturated heterocycles. The molecule has 1 heteroatoms. The van der Waals surface area contributed by atoms with Gasteiger partial charge in [-0.1, -0.05) is 51.1 Å². The molecule has 84 valence electrons. The lowest BCUT2D eigenvalue weighted by Crippen LogP contribution is -2.08. The van der Waals surface area contributed by atoms with Gasteiger partial charge in [-0.3, -0.25) is 0 Å². The first-order chi connectivity index (χ1) is 7.08. The highest BCUT2D eigenvalue weighted by Gasteiger charge is 2.08. The molecule has 0 aromatic heterocycles. The van der Waals surface area contributed by atoms with E-state index in [1.807, 2.05) is 0 Å². The topological polar surface area (TPSA) is 0 Å². The van der Waals surface area contributed by atoms with E-state index in [4.69, 9.17) is 0 Å². The van der Waals surface area contributed by atoms with Gasteiger partial charge in [0, 0.05) is 4.75 Å². The summed E-state index contributed by atoms with van der Waals surface area (Å²) >= 11 is 2.07. The molecule has 0 bridgehead atoms. The molecule has 0 amide bonds. The maximum Gasteiger partial charge on any atom is 0.00750 e. The smallest absolute Gasteiger partial charge is 0.00750 e. The van der Waals surface area contributed by atoms with Crippen molar-refractivity contribution >= 4 is 11.8 Å². The van der Waals surface area contributed by atoms with Crippen molar-refractivity contribution in [3.8, 4) is 0 Å². The minimum atomic E-state index is 0.423. The average Bonchev–Trinajstić information content (AvgIpc) is 2.17. The van der Waals surface area contributed by atoms with Gasteiger partial charge in [-0.15, -0.1) is 0 Å². The first-order valence-electron chi connectivity index (χ1n) is 5.76. The zero-order chi connectivity index (χ0) is 11.1. The van der Waals surface area contributed by atoms with E-state index in [0.717, 1.165) is 0 Å². The van der Waals surface area contributed by atoms with Crippen molar-refractivity contribution in [2.75, 3.05) is 5.75 Å². The molecular weight excluding hydrogens is 200 g/mol. The first kappa shape index (κ1) is 12.6. The molecule has 0 aliphatic heterocycles. The van der Waals surface area contributed by atoms with Crippen molar-refractivity contribution in [1.82, 2.24) is 0 Å². The molecule has 0 radical (unpaired) electrons. The summed E-state index contributed by atoms with van der Waals surface area (Å²) in [5.41, 5.74) is 1.47. The Kier molecular flexibility index (Phi) is 5.24. The van der Waals surface area contributed by atoms with Gasteiger partial charge in [-0.25, -0.2) is 0 Å². The normalized spacial score (nSPS) is 11.7. The summed E-state index contributed by atoms with van der Waals surface area (Å²) < 4.78 is 0.423. The van der Waals surface area contributed by atoms with Crippen LogP contribution in [-0.4, -0.2) is 10.5 Å². The van der Waals surface area contributed by atoms with Crippen LogP contribution in [0, 0.1) is 0 Å². The molecule has 1 rings (SSSR count). The fraction of sp³-hybridized carbons (Fsp3) is 0.571. The number of benzene rings is 1. The third-order valence-electron chi connectivity index (χ3n) is 2.24. The highest BCUT2D eigenvalue weighted by molar-refractivity contribution is 8.00. The van der Waals surface area contributed by atoms with Crippen LogP contribution in [0.4, 0.5) is 0 Å². The monoisotopic (exact) mass is 222 g/mol. The van der Waals surface area contributed by atoms with Gasteiger partial charge in [0.15, 0.2) is 0 Å². The SMILES string of the molecule is CC(C)(C)SCCCCc1ccccc1. The molecule has 0 atom stereocenters. The van der Waals surface area contributed by atoms with Crippen molar-refractivity contribution in [1.29, 1.82) is 0 Å². The maximum absolute atomic E-state index is 2.29. The molecule has 1 aromatic carbocycles. The van der Waals surface area contributed by atoms with Crippen molar-refractivity contribution in [3.63, 3.8) is 0 Å². The molecule has 0 aliphatic rings. The molecule has 0 nitrogen and oxygen atoms in total. The minimum absolute atomic E-state index is 0.423. The Hall–Kier alpha value is -0.430. The lowest BCUT2D eigenvalue weighted by Gasteiger charge is -2.17. The second-order valence-electron chi connectivity index (χ2n) is 4.90. The van der Waals surface area contributed by atoms with Crippen LogP contribution in [0.5, 0.6) is 0 Å². The first-order valence-corrected chi connectivity index (χ1v) is 6.74. The number of unbranched alkanes of at least 4 members (excludes halogenated alkanes) is 1. The summed E-state index contributed by atoms with van der Waals surface area (Å²) in [5, 5.41) is 0. The van der Waals surface area contributed by atoms with Crippen molar-refractivity contribution in [2.24, 2.45) is 0 Å². The summed E-state index contributed by atoms with van der Waals surface area (Å²) in [4.78, 5) is 0. The average molecular weight is 222 g/mol. The van der Waals surface area contributed by atoms with E-state index >= 15 is 0 Å². The minimum Gasteiger partial charge on any atom is -0.156 e. The lowest BCUT2D eigenvalue weighted by molar-refractivity contribution is 0.776. The van der Waals surface area contributed by atoms with Crippen LogP contribution in [0.2, 0.25) is 0 Å². The number of aryl methyl sites for hydroxylation is 1. The molecule has 15 heavy (non-hydrogen) atoms. The highest BCUT2D eigenvalue weighted by Crippen LogP contribution is 2.24. The third-order valence-corrected chi connectivity index (χ3v) is 3.60. The van der Waals surface area contributed by atoms with Gasteiger partial charge in [0.1, 0.15) is 0 Å². The van der Waals surface area contributed by atoms with E-state index in [0.29, 0.717) is 4.75 Å². The maximum atomic E-state index is 2.29. The molecule has 1 aromatic rings.